The first-order valence-corrected chi connectivity index (χ1v) is 9.31. The zero-order valence-corrected chi connectivity index (χ0v) is 16.2. The molecule has 0 aliphatic carbocycles. The van der Waals surface area contributed by atoms with Gasteiger partial charge in [0.2, 0.25) is 5.91 Å². The van der Waals surface area contributed by atoms with Gasteiger partial charge in [0.15, 0.2) is 0 Å². The van der Waals surface area contributed by atoms with Crippen molar-refractivity contribution in [3.05, 3.63) is 40.3 Å². The number of carbonyl (C=O) groups excluding carboxylic acids is 1. The van der Waals surface area contributed by atoms with Crippen LogP contribution in [0.5, 0.6) is 0 Å². The molecule has 2 fully saturated rings. The topological polar surface area (TPSA) is 89.3 Å². The van der Waals surface area contributed by atoms with Crippen molar-refractivity contribution in [1.29, 1.82) is 0 Å². The molecule has 2 aromatic heterocycles. The van der Waals surface area contributed by atoms with Gasteiger partial charge in [-0.1, -0.05) is 11.6 Å². The van der Waals surface area contributed by atoms with E-state index in [4.69, 9.17) is 16.3 Å². The molecular weight excluding hydrogens is 413 g/mol. The maximum absolute atomic E-state index is 13.0. The lowest BCUT2D eigenvalue weighted by atomic mass is 9.74. The van der Waals surface area contributed by atoms with Crippen molar-refractivity contribution >= 4 is 23.3 Å². The number of nitrogens with zero attached hydrogens (tertiary/aromatic N) is 3. The summed E-state index contributed by atoms with van der Waals surface area (Å²) in [5.41, 5.74) is 0.444. The van der Waals surface area contributed by atoms with E-state index < -0.39 is 47.8 Å². The predicted octanol–water partition coefficient (Wildman–Crippen LogP) is 2.67. The molecule has 2 saturated heterocycles. The van der Waals surface area contributed by atoms with Gasteiger partial charge in [0, 0.05) is 25.6 Å². The Balaban J connectivity index is 1.64. The summed E-state index contributed by atoms with van der Waals surface area (Å²) in [5, 5.41) is 16.6. The number of halogens is 4. The van der Waals surface area contributed by atoms with Gasteiger partial charge in [-0.25, -0.2) is 4.98 Å². The molecule has 4 heterocycles. The number of carbonyl (C=O) groups is 1. The van der Waals surface area contributed by atoms with Gasteiger partial charge in [0.05, 0.1) is 35.5 Å². The fraction of sp³-hybridized carbons (Fsp3) is 0.500. The van der Waals surface area contributed by atoms with Crippen LogP contribution >= 0.6 is 11.6 Å². The third-order valence-electron chi connectivity index (χ3n) is 5.41. The molecule has 5 atom stereocenters. The van der Waals surface area contributed by atoms with E-state index in [1.807, 2.05) is 0 Å². The molecule has 2 aromatic rings. The number of hydrogen-bond acceptors (Lipinski definition) is 5. The Labute approximate surface area is 168 Å². The van der Waals surface area contributed by atoms with E-state index in [1.165, 1.54) is 0 Å². The van der Waals surface area contributed by atoms with Crippen molar-refractivity contribution in [2.75, 3.05) is 5.32 Å². The van der Waals surface area contributed by atoms with Crippen LogP contribution in [0.25, 0.3) is 0 Å². The zero-order chi connectivity index (χ0) is 21.1. The Kier molecular flexibility index (Phi) is 4.83. The predicted molar refractivity (Wildman–Crippen MR) is 96.3 cm³/mol. The second kappa shape index (κ2) is 6.96. The Hall–Kier alpha value is -2.17. The lowest BCUT2D eigenvalue weighted by molar-refractivity contribution is -0.137. The molecule has 1 amide bonds. The van der Waals surface area contributed by atoms with Crippen molar-refractivity contribution in [2.45, 2.75) is 43.8 Å². The number of aryl methyl sites for hydroxylation is 2. The molecule has 0 unspecified atom stereocenters. The smallest absolute Gasteiger partial charge is 0.390 e. The molecule has 0 saturated carbocycles. The van der Waals surface area contributed by atoms with Gasteiger partial charge < -0.3 is 15.2 Å². The quantitative estimate of drug-likeness (QED) is 0.731. The van der Waals surface area contributed by atoms with Gasteiger partial charge in [-0.3, -0.25) is 9.48 Å². The van der Waals surface area contributed by atoms with Crippen LogP contribution in [0.4, 0.5) is 19.0 Å². The summed E-state index contributed by atoms with van der Waals surface area (Å²) in [6.07, 6.45) is -4.46. The number of ether oxygens (including phenoxy) is 1. The molecule has 4 rings (SSSR count). The number of anilines is 1. The molecular formula is C18H18ClF3N4O3. The Morgan fingerprint density at radius 3 is 2.76 bits per heavy atom. The van der Waals surface area contributed by atoms with Crippen molar-refractivity contribution in [1.82, 2.24) is 14.8 Å². The van der Waals surface area contributed by atoms with Crippen LogP contribution < -0.4 is 5.32 Å². The van der Waals surface area contributed by atoms with Gasteiger partial charge >= 0.3 is 6.18 Å². The van der Waals surface area contributed by atoms with Crippen molar-refractivity contribution < 1.29 is 27.8 Å². The van der Waals surface area contributed by atoms with Crippen molar-refractivity contribution in [3.8, 4) is 0 Å². The molecule has 11 heteroatoms. The second-order valence-corrected chi connectivity index (χ2v) is 7.78. The van der Waals surface area contributed by atoms with Gasteiger partial charge in [0.25, 0.3) is 0 Å². The number of rotatable bonds is 3. The monoisotopic (exact) mass is 430 g/mol. The molecule has 2 bridgehead atoms. The van der Waals surface area contributed by atoms with Crippen molar-refractivity contribution in [2.24, 2.45) is 13.0 Å². The summed E-state index contributed by atoms with van der Waals surface area (Å²) in [6.45, 7) is 1.79. The van der Waals surface area contributed by atoms with E-state index in [9.17, 15) is 23.1 Å². The first kappa shape index (κ1) is 20.1. The van der Waals surface area contributed by atoms with Crippen LogP contribution in [0.1, 0.15) is 29.2 Å². The van der Waals surface area contributed by atoms with E-state index >= 15 is 0 Å². The molecule has 29 heavy (non-hydrogen) atoms. The van der Waals surface area contributed by atoms with Crippen LogP contribution in [0.2, 0.25) is 5.15 Å². The summed E-state index contributed by atoms with van der Waals surface area (Å²) in [6, 6.07) is 1.42. The minimum atomic E-state index is -4.62. The fourth-order valence-corrected chi connectivity index (χ4v) is 4.50. The number of aromatic nitrogens is 3. The highest BCUT2D eigenvalue weighted by Gasteiger charge is 2.57. The third-order valence-corrected chi connectivity index (χ3v) is 5.61. The number of amides is 1. The molecule has 2 aliphatic heterocycles. The SMILES string of the molecule is Cc1nn(C)cc1[C@H]1[C@H]2O[C@H](C[C@@H]2O)[C@@H]1C(=O)Nc1cc(C(F)(F)F)cc(Cl)n1. The van der Waals surface area contributed by atoms with E-state index in [0.717, 1.165) is 11.6 Å². The number of pyridine rings is 1. The van der Waals surface area contributed by atoms with Gasteiger partial charge in [0.1, 0.15) is 11.0 Å². The normalized spacial score (nSPS) is 28.7. The number of hydrogen-bond donors (Lipinski definition) is 2. The average Bonchev–Trinajstić information content (AvgIpc) is 3.24. The van der Waals surface area contributed by atoms with E-state index in [2.05, 4.69) is 15.4 Å². The number of aliphatic hydroxyl groups is 1. The average molecular weight is 431 g/mol. The van der Waals surface area contributed by atoms with Crippen LogP contribution in [0.15, 0.2) is 18.3 Å². The standard InChI is InChI=1S/C18H18ClF3N4O3/c1-7-9(6-26(2)25-7)14-15(11-5-10(27)16(14)29-11)17(28)24-13-4-8(18(20,21)22)3-12(19)23-13/h3-4,6,10-11,14-16,27H,5H2,1-2H3,(H,23,24,28)/t10-,11+,14+,15-,16-/m0/s1. The molecule has 7 nitrogen and oxygen atoms in total. The number of alkyl halides is 3. The van der Waals surface area contributed by atoms with Crippen LogP contribution in [-0.2, 0) is 22.8 Å². The first-order chi connectivity index (χ1) is 13.5. The number of aliphatic hydroxyl groups excluding tert-OH is 1. The van der Waals surface area contributed by atoms with Crippen LogP contribution in [0, 0.1) is 12.8 Å². The molecule has 156 valence electrons. The highest BCUT2D eigenvalue weighted by molar-refractivity contribution is 6.29. The van der Waals surface area contributed by atoms with E-state index in [0.29, 0.717) is 11.8 Å². The largest absolute Gasteiger partial charge is 0.416 e. The lowest BCUT2D eigenvalue weighted by Gasteiger charge is -2.29. The molecule has 0 aromatic carbocycles. The van der Waals surface area contributed by atoms with Gasteiger partial charge in [-0.2, -0.15) is 18.3 Å². The van der Waals surface area contributed by atoms with Crippen LogP contribution in [-0.4, -0.2) is 44.1 Å². The minimum absolute atomic E-state index is 0.273. The number of nitrogens with one attached hydrogen (secondary N) is 1. The maximum atomic E-state index is 13.0. The fourth-order valence-electron chi connectivity index (χ4n) is 4.29. The molecule has 2 N–H and O–H groups in total. The van der Waals surface area contributed by atoms with Gasteiger partial charge in [-0.05, 0) is 24.6 Å². The van der Waals surface area contributed by atoms with Crippen molar-refractivity contribution in [3.63, 3.8) is 0 Å². The van der Waals surface area contributed by atoms with Crippen LogP contribution in [0.3, 0.4) is 0 Å². The first-order valence-electron chi connectivity index (χ1n) is 8.94. The summed E-state index contributed by atoms with van der Waals surface area (Å²) in [4.78, 5) is 16.8. The highest BCUT2D eigenvalue weighted by Crippen LogP contribution is 2.50. The lowest BCUT2D eigenvalue weighted by Crippen LogP contribution is -2.41. The maximum Gasteiger partial charge on any atom is 0.416 e. The summed E-state index contributed by atoms with van der Waals surface area (Å²) >= 11 is 5.70. The summed E-state index contributed by atoms with van der Waals surface area (Å²) in [7, 11) is 1.74. The van der Waals surface area contributed by atoms with E-state index in [1.54, 1.807) is 24.9 Å². The second-order valence-electron chi connectivity index (χ2n) is 7.39. The summed E-state index contributed by atoms with van der Waals surface area (Å²) < 4.78 is 46.5. The third kappa shape index (κ3) is 3.60. The summed E-state index contributed by atoms with van der Waals surface area (Å²) in [5.74, 6) is -2.01. The Morgan fingerprint density at radius 1 is 1.41 bits per heavy atom. The number of fused-ring (bicyclic) bond motifs is 2. The van der Waals surface area contributed by atoms with Gasteiger partial charge in [-0.15, -0.1) is 0 Å². The zero-order valence-electron chi connectivity index (χ0n) is 15.4. The Bertz CT molecular complexity index is 964. The molecule has 0 spiro atoms. The molecule has 0 radical (unpaired) electrons. The minimum Gasteiger partial charge on any atom is -0.390 e. The Morgan fingerprint density at radius 2 is 2.14 bits per heavy atom. The highest BCUT2D eigenvalue weighted by atomic mass is 35.5. The van der Waals surface area contributed by atoms with E-state index in [-0.39, 0.29) is 17.4 Å². The molecule has 2 aliphatic rings.